The van der Waals surface area contributed by atoms with E-state index in [1.54, 1.807) is 0 Å². The van der Waals surface area contributed by atoms with Crippen molar-refractivity contribution in [1.29, 1.82) is 0 Å². The second-order valence-corrected chi connectivity index (χ2v) is 7.13. The number of aliphatic hydroxyl groups is 1. The van der Waals surface area contributed by atoms with Crippen LogP contribution in [0.3, 0.4) is 0 Å². The van der Waals surface area contributed by atoms with E-state index in [4.69, 9.17) is 9.84 Å². The number of aliphatic carboxylic acids is 1. The normalized spacial score (nSPS) is 30.1. The molecule has 0 unspecified atom stereocenters. The van der Waals surface area contributed by atoms with E-state index < -0.39 is 5.97 Å². The number of fused-ring (bicyclic) bond motifs is 1. The highest BCUT2D eigenvalue weighted by atomic mass is 16.5. The molecule has 2 bridgehead atoms. The fraction of sp³-hybridized carbons (Fsp3) is 0.750. The fourth-order valence-corrected chi connectivity index (χ4v) is 3.76. The molecule has 0 amide bonds. The average molecular weight is 336 g/mol. The third-order valence-electron chi connectivity index (χ3n) is 5.21. The van der Waals surface area contributed by atoms with Crippen molar-refractivity contribution < 1.29 is 19.7 Å². The van der Waals surface area contributed by atoms with Gasteiger partial charge in [0.15, 0.2) is 0 Å². The molecule has 0 aromatic rings. The Morgan fingerprint density at radius 3 is 2.75 bits per heavy atom. The summed E-state index contributed by atoms with van der Waals surface area (Å²) in [7, 11) is 0. The Morgan fingerprint density at radius 2 is 2.04 bits per heavy atom. The number of carbonyl (C=O) groups is 1. The third-order valence-corrected chi connectivity index (χ3v) is 5.21. The summed E-state index contributed by atoms with van der Waals surface area (Å²) in [5, 5.41) is 18.7. The molecule has 0 spiro atoms. The molecule has 1 aliphatic carbocycles. The Morgan fingerprint density at radius 1 is 1.25 bits per heavy atom. The number of carboxylic acid groups (broad SMARTS) is 1. The lowest BCUT2D eigenvalue weighted by Crippen LogP contribution is -2.29. The van der Waals surface area contributed by atoms with E-state index in [2.05, 4.69) is 25.2 Å². The molecule has 24 heavy (non-hydrogen) atoms. The maximum atomic E-state index is 10.5. The number of aliphatic hydroxyl groups excluding tert-OH is 1. The largest absolute Gasteiger partial charge is 0.481 e. The van der Waals surface area contributed by atoms with Crippen LogP contribution in [0.5, 0.6) is 0 Å². The molecule has 3 aliphatic rings. The van der Waals surface area contributed by atoms with Crippen molar-refractivity contribution in [2.24, 2.45) is 11.8 Å². The Kier molecular flexibility index (Phi) is 8.00. The first kappa shape index (κ1) is 19.2. The summed E-state index contributed by atoms with van der Waals surface area (Å²) in [5.74, 6) is 0.195. The molecule has 4 nitrogen and oxygen atoms in total. The van der Waals surface area contributed by atoms with Crippen molar-refractivity contribution in [2.75, 3.05) is 0 Å². The average Bonchev–Trinajstić information content (AvgIpc) is 3.01. The second-order valence-electron chi connectivity index (χ2n) is 7.13. The van der Waals surface area contributed by atoms with Crippen molar-refractivity contribution >= 4 is 5.97 Å². The number of hydrogen-bond donors (Lipinski definition) is 2. The van der Waals surface area contributed by atoms with E-state index in [1.807, 2.05) is 6.08 Å². The van der Waals surface area contributed by atoms with E-state index in [-0.39, 0.29) is 12.5 Å². The fourth-order valence-electron chi connectivity index (χ4n) is 3.76. The van der Waals surface area contributed by atoms with Crippen LogP contribution in [0, 0.1) is 11.8 Å². The Balaban J connectivity index is 1.72. The molecule has 2 heterocycles. The van der Waals surface area contributed by atoms with Crippen LogP contribution in [0.2, 0.25) is 0 Å². The number of allylic oxidation sites excluding steroid dienone is 2. The molecular formula is C20H32O4. The SMILES string of the molecule is CCCCC[C@H](O)/C=C/[C@@H]1[C@@H](C/C=C/CCCC(=O)O)[C@@H]2C[C@H]1O2. The molecule has 3 fully saturated rings. The van der Waals surface area contributed by atoms with E-state index in [9.17, 15) is 9.90 Å². The van der Waals surface area contributed by atoms with Gasteiger partial charge in [-0.15, -0.1) is 0 Å². The van der Waals surface area contributed by atoms with Gasteiger partial charge in [0, 0.05) is 18.8 Å². The van der Waals surface area contributed by atoms with Crippen molar-refractivity contribution in [3.63, 3.8) is 0 Å². The summed E-state index contributed by atoms with van der Waals surface area (Å²) in [5.41, 5.74) is 0. The second kappa shape index (κ2) is 10.00. The van der Waals surface area contributed by atoms with Crippen LogP contribution in [0.4, 0.5) is 0 Å². The van der Waals surface area contributed by atoms with Gasteiger partial charge in [-0.3, -0.25) is 4.79 Å². The molecule has 2 aliphatic heterocycles. The molecule has 136 valence electrons. The van der Waals surface area contributed by atoms with Crippen molar-refractivity contribution in [3.05, 3.63) is 24.3 Å². The van der Waals surface area contributed by atoms with Gasteiger partial charge in [0.05, 0.1) is 18.3 Å². The van der Waals surface area contributed by atoms with Crippen LogP contribution in [0.1, 0.15) is 64.7 Å². The molecule has 1 saturated carbocycles. The van der Waals surface area contributed by atoms with Crippen molar-refractivity contribution in [1.82, 2.24) is 0 Å². The zero-order valence-corrected chi connectivity index (χ0v) is 14.8. The van der Waals surface area contributed by atoms with Gasteiger partial charge in [-0.05, 0) is 31.6 Å². The van der Waals surface area contributed by atoms with Crippen LogP contribution < -0.4 is 0 Å². The van der Waals surface area contributed by atoms with Crippen LogP contribution in [-0.4, -0.2) is 34.5 Å². The Bertz CT molecular complexity index is 437. The monoisotopic (exact) mass is 336 g/mol. The van der Waals surface area contributed by atoms with Crippen LogP contribution in [0.15, 0.2) is 24.3 Å². The van der Waals surface area contributed by atoms with Crippen molar-refractivity contribution in [2.45, 2.75) is 83.0 Å². The van der Waals surface area contributed by atoms with E-state index in [1.165, 1.54) is 12.8 Å². The van der Waals surface area contributed by atoms with Gasteiger partial charge >= 0.3 is 5.97 Å². The van der Waals surface area contributed by atoms with Gasteiger partial charge in [-0.2, -0.15) is 0 Å². The summed E-state index contributed by atoms with van der Waals surface area (Å²) in [4.78, 5) is 10.5. The molecule has 2 N–H and O–H groups in total. The molecule has 0 aromatic heterocycles. The maximum absolute atomic E-state index is 10.5. The molecular weight excluding hydrogens is 304 g/mol. The highest BCUT2D eigenvalue weighted by molar-refractivity contribution is 5.66. The standard InChI is InChI=1S/C20H32O4/c1-2-3-6-9-15(21)12-13-17-16(18-14-19(17)24-18)10-7-4-5-8-11-20(22)23/h4,7,12-13,15-19,21H,2-3,5-6,8-11,14H2,1H3,(H,22,23)/b7-4+,13-12+/t15-,16+,17+,18-,19+/m0/s1. The number of ether oxygens (including phenoxy) is 1. The van der Waals surface area contributed by atoms with Gasteiger partial charge in [-0.1, -0.05) is 50.5 Å². The van der Waals surface area contributed by atoms with Gasteiger partial charge < -0.3 is 14.9 Å². The van der Waals surface area contributed by atoms with E-state index in [0.717, 1.165) is 32.1 Å². The summed E-state index contributed by atoms with van der Waals surface area (Å²) in [6.45, 7) is 2.17. The van der Waals surface area contributed by atoms with Gasteiger partial charge in [0.25, 0.3) is 0 Å². The van der Waals surface area contributed by atoms with E-state index in [0.29, 0.717) is 30.5 Å². The lowest BCUT2D eigenvalue weighted by Gasteiger charge is -2.25. The minimum absolute atomic E-state index is 0.239. The van der Waals surface area contributed by atoms with Crippen molar-refractivity contribution in [3.8, 4) is 0 Å². The molecule has 0 aromatic carbocycles. The number of unbranched alkanes of at least 4 members (excludes halogenated alkanes) is 3. The summed E-state index contributed by atoms with van der Waals surface area (Å²) in [6, 6.07) is 0. The van der Waals surface area contributed by atoms with Gasteiger partial charge in [-0.25, -0.2) is 0 Å². The minimum atomic E-state index is -0.726. The quantitative estimate of drug-likeness (QED) is 0.416. The molecule has 2 saturated heterocycles. The maximum Gasteiger partial charge on any atom is 0.303 e. The first-order valence-corrected chi connectivity index (χ1v) is 9.50. The topological polar surface area (TPSA) is 66.8 Å². The van der Waals surface area contributed by atoms with Crippen LogP contribution in [-0.2, 0) is 9.53 Å². The highest BCUT2D eigenvalue weighted by Crippen LogP contribution is 2.48. The van der Waals surface area contributed by atoms with Crippen LogP contribution in [0.25, 0.3) is 0 Å². The third kappa shape index (κ3) is 5.75. The van der Waals surface area contributed by atoms with Gasteiger partial charge in [0.2, 0.25) is 0 Å². The first-order valence-electron chi connectivity index (χ1n) is 9.50. The molecule has 5 atom stereocenters. The summed E-state index contributed by atoms with van der Waals surface area (Å²) < 4.78 is 5.87. The zero-order chi connectivity index (χ0) is 17.4. The van der Waals surface area contributed by atoms with E-state index >= 15 is 0 Å². The van der Waals surface area contributed by atoms with Gasteiger partial charge in [0.1, 0.15) is 0 Å². The van der Waals surface area contributed by atoms with Crippen LogP contribution >= 0.6 is 0 Å². The minimum Gasteiger partial charge on any atom is -0.481 e. The highest BCUT2D eigenvalue weighted by Gasteiger charge is 2.51. The Hall–Kier alpha value is -1.13. The zero-order valence-electron chi connectivity index (χ0n) is 14.8. The first-order chi connectivity index (χ1) is 11.6. The molecule has 4 heteroatoms. The number of rotatable bonds is 12. The molecule has 0 radical (unpaired) electrons. The summed E-state index contributed by atoms with van der Waals surface area (Å²) >= 11 is 0. The number of hydrogen-bond acceptors (Lipinski definition) is 3. The summed E-state index contributed by atoms with van der Waals surface area (Å²) in [6.07, 6.45) is 17.0. The Labute approximate surface area is 145 Å². The smallest absolute Gasteiger partial charge is 0.303 e. The number of carboxylic acids is 1. The predicted molar refractivity (Wildman–Crippen MR) is 94.8 cm³/mol. The predicted octanol–water partition coefficient (Wildman–Crippen LogP) is 4.09. The molecule has 3 rings (SSSR count). The lowest BCUT2D eigenvalue weighted by atomic mass is 9.91. The lowest BCUT2D eigenvalue weighted by molar-refractivity contribution is -0.137.